The fourth-order valence-corrected chi connectivity index (χ4v) is 2.85. The molecule has 0 aromatic rings. The van der Waals surface area contributed by atoms with Crippen LogP contribution in [0.2, 0.25) is 0 Å². The van der Waals surface area contributed by atoms with Gasteiger partial charge in [0.15, 0.2) is 6.29 Å². The van der Waals surface area contributed by atoms with E-state index in [1.165, 1.54) is 44.9 Å². The molecule has 22 heavy (non-hydrogen) atoms. The van der Waals surface area contributed by atoms with Crippen molar-refractivity contribution in [3.05, 3.63) is 0 Å². The Bertz CT molecular complexity index is 285. The number of rotatable bonds is 16. The third-order valence-electron chi connectivity index (χ3n) is 3.38. The van der Waals surface area contributed by atoms with Crippen molar-refractivity contribution >= 4 is 7.82 Å². The van der Waals surface area contributed by atoms with Gasteiger partial charge in [0.25, 0.3) is 0 Å². The first-order valence-corrected chi connectivity index (χ1v) is 9.95. The SMILES string of the molecule is CCCCCCCCCCCCOP(=O)(O)OCCC(O)O. The van der Waals surface area contributed by atoms with Crippen LogP contribution in [0.1, 0.15) is 77.6 Å². The summed E-state index contributed by atoms with van der Waals surface area (Å²) >= 11 is 0. The van der Waals surface area contributed by atoms with Crippen molar-refractivity contribution in [2.45, 2.75) is 83.8 Å². The van der Waals surface area contributed by atoms with Crippen LogP contribution in [0.5, 0.6) is 0 Å². The summed E-state index contributed by atoms with van der Waals surface area (Å²) in [5, 5.41) is 17.2. The summed E-state index contributed by atoms with van der Waals surface area (Å²) in [7, 11) is -4.05. The van der Waals surface area contributed by atoms with Crippen molar-refractivity contribution in [1.29, 1.82) is 0 Å². The minimum atomic E-state index is -4.05. The highest BCUT2D eigenvalue weighted by atomic mass is 31.2. The van der Waals surface area contributed by atoms with E-state index < -0.39 is 14.1 Å². The molecule has 0 saturated carbocycles. The molecule has 0 radical (unpaired) electrons. The lowest BCUT2D eigenvalue weighted by molar-refractivity contribution is -0.0537. The van der Waals surface area contributed by atoms with E-state index in [1.807, 2.05) is 0 Å². The van der Waals surface area contributed by atoms with Crippen molar-refractivity contribution < 1.29 is 28.7 Å². The average Bonchev–Trinajstić information content (AvgIpc) is 2.44. The average molecular weight is 340 g/mol. The number of hydrogen-bond acceptors (Lipinski definition) is 5. The van der Waals surface area contributed by atoms with Crippen molar-refractivity contribution in [2.24, 2.45) is 0 Å². The number of aliphatic hydroxyl groups is 2. The van der Waals surface area contributed by atoms with E-state index >= 15 is 0 Å². The summed E-state index contributed by atoms with van der Waals surface area (Å²) in [5.74, 6) is 0. The van der Waals surface area contributed by atoms with Gasteiger partial charge in [-0.05, 0) is 6.42 Å². The summed E-state index contributed by atoms with van der Waals surface area (Å²) in [4.78, 5) is 9.32. The van der Waals surface area contributed by atoms with Gasteiger partial charge in [0, 0.05) is 6.42 Å². The zero-order valence-corrected chi connectivity index (χ0v) is 14.7. The Kier molecular flexibility index (Phi) is 14.6. The van der Waals surface area contributed by atoms with Crippen molar-refractivity contribution in [3.63, 3.8) is 0 Å². The second kappa shape index (κ2) is 14.6. The largest absolute Gasteiger partial charge is 0.472 e. The molecule has 0 aliphatic carbocycles. The Labute approximate surface area is 134 Å². The van der Waals surface area contributed by atoms with Gasteiger partial charge in [-0.15, -0.1) is 0 Å². The van der Waals surface area contributed by atoms with E-state index in [2.05, 4.69) is 11.4 Å². The quantitative estimate of drug-likeness (QED) is 0.225. The molecule has 0 amide bonds. The minimum absolute atomic E-state index is 0.119. The van der Waals surface area contributed by atoms with Gasteiger partial charge in [0.1, 0.15) is 0 Å². The van der Waals surface area contributed by atoms with E-state index in [0.29, 0.717) is 0 Å². The number of hydrogen-bond donors (Lipinski definition) is 3. The van der Waals surface area contributed by atoms with Gasteiger partial charge in [0.05, 0.1) is 13.2 Å². The first kappa shape index (κ1) is 22.0. The fraction of sp³-hybridized carbons (Fsp3) is 1.00. The summed E-state index contributed by atoms with van der Waals surface area (Å²) in [5.41, 5.74) is 0. The summed E-state index contributed by atoms with van der Waals surface area (Å²) < 4.78 is 20.8. The van der Waals surface area contributed by atoms with Crippen LogP contribution in [0.25, 0.3) is 0 Å². The Morgan fingerprint density at radius 1 is 0.818 bits per heavy atom. The normalized spacial score (nSPS) is 14.4. The molecule has 0 saturated heterocycles. The molecule has 0 aromatic heterocycles. The molecule has 0 aromatic carbocycles. The number of aliphatic hydroxyl groups excluding tert-OH is 1. The highest BCUT2D eigenvalue weighted by Gasteiger charge is 2.20. The molecule has 134 valence electrons. The smallest absolute Gasteiger partial charge is 0.368 e. The lowest BCUT2D eigenvalue weighted by atomic mass is 10.1. The number of phosphoric acid groups is 1. The van der Waals surface area contributed by atoms with Crippen LogP contribution >= 0.6 is 7.82 Å². The molecule has 6 nitrogen and oxygen atoms in total. The van der Waals surface area contributed by atoms with Crippen LogP contribution in [0.15, 0.2) is 0 Å². The van der Waals surface area contributed by atoms with Crippen LogP contribution < -0.4 is 0 Å². The zero-order chi connectivity index (χ0) is 16.7. The lowest BCUT2D eigenvalue weighted by Crippen LogP contribution is -2.08. The van der Waals surface area contributed by atoms with Crippen LogP contribution in [0, 0.1) is 0 Å². The van der Waals surface area contributed by atoms with Crippen LogP contribution in [-0.4, -0.2) is 34.6 Å². The maximum Gasteiger partial charge on any atom is 0.472 e. The Morgan fingerprint density at radius 2 is 1.27 bits per heavy atom. The molecule has 1 unspecified atom stereocenters. The van der Waals surface area contributed by atoms with Gasteiger partial charge < -0.3 is 15.1 Å². The van der Waals surface area contributed by atoms with E-state index in [1.54, 1.807) is 0 Å². The van der Waals surface area contributed by atoms with E-state index in [9.17, 15) is 9.46 Å². The standard InChI is InChI=1S/C15H33O6P/c1-2-3-4-5-6-7-8-9-10-11-13-20-22(18,19)21-14-12-15(16)17/h15-17H,2-14H2,1H3,(H,18,19). The predicted molar refractivity (Wildman–Crippen MR) is 86.4 cm³/mol. The maximum atomic E-state index is 11.4. The Morgan fingerprint density at radius 3 is 1.77 bits per heavy atom. The monoisotopic (exact) mass is 340 g/mol. The van der Waals surface area contributed by atoms with Crippen molar-refractivity contribution in [3.8, 4) is 0 Å². The molecule has 0 aliphatic heterocycles. The molecule has 0 spiro atoms. The second-order valence-electron chi connectivity index (χ2n) is 5.59. The first-order chi connectivity index (χ1) is 10.5. The number of unbranched alkanes of at least 4 members (excludes halogenated alkanes) is 9. The van der Waals surface area contributed by atoms with Crippen molar-refractivity contribution in [2.75, 3.05) is 13.2 Å². The topological polar surface area (TPSA) is 96.2 Å². The second-order valence-corrected chi connectivity index (χ2v) is 7.04. The molecule has 0 aliphatic rings. The fourth-order valence-electron chi connectivity index (χ4n) is 2.08. The molecule has 3 N–H and O–H groups in total. The van der Waals surface area contributed by atoms with Gasteiger partial charge in [-0.25, -0.2) is 4.57 Å². The molecular formula is C15H33O6P. The first-order valence-electron chi connectivity index (χ1n) is 8.46. The molecule has 0 bridgehead atoms. The minimum Gasteiger partial charge on any atom is -0.368 e. The molecule has 7 heteroatoms. The van der Waals surface area contributed by atoms with Crippen LogP contribution in [-0.2, 0) is 13.6 Å². The maximum absolute atomic E-state index is 11.4. The van der Waals surface area contributed by atoms with Gasteiger partial charge in [-0.1, -0.05) is 64.7 Å². The molecule has 1 atom stereocenters. The van der Waals surface area contributed by atoms with Gasteiger partial charge >= 0.3 is 7.82 Å². The predicted octanol–water partition coefficient (Wildman–Crippen LogP) is 3.74. The lowest BCUT2D eigenvalue weighted by Gasteiger charge is -2.12. The van der Waals surface area contributed by atoms with E-state index in [0.717, 1.165) is 19.3 Å². The van der Waals surface area contributed by atoms with Crippen LogP contribution in [0.4, 0.5) is 0 Å². The number of phosphoric ester groups is 1. The Balaban J connectivity index is 3.32. The summed E-state index contributed by atoms with van der Waals surface area (Å²) in [6.07, 6.45) is 10.2. The molecule has 0 rings (SSSR count). The van der Waals surface area contributed by atoms with E-state index in [4.69, 9.17) is 14.7 Å². The van der Waals surface area contributed by atoms with Gasteiger partial charge in [-0.2, -0.15) is 0 Å². The highest BCUT2D eigenvalue weighted by Crippen LogP contribution is 2.43. The van der Waals surface area contributed by atoms with Gasteiger partial charge in [-0.3, -0.25) is 9.05 Å². The third-order valence-corrected chi connectivity index (χ3v) is 4.40. The molecule has 0 fully saturated rings. The molecular weight excluding hydrogens is 307 g/mol. The molecule has 0 heterocycles. The summed E-state index contributed by atoms with van der Waals surface area (Å²) in [6, 6.07) is 0. The zero-order valence-electron chi connectivity index (χ0n) is 13.8. The van der Waals surface area contributed by atoms with Crippen molar-refractivity contribution in [1.82, 2.24) is 0 Å². The summed E-state index contributed by atoms with van der Waals surface area (Å²) in [6.45, 7) is 2.18. The highest BCUT2D eigenvalue weighted by molar-refractivity contribution is 7.47. The van der Waals surface area contributed by atoms with E-state index in [-0.39, 0.29) is 19.6 Å². The third kappa shape index (κ3) is 16.4. The Hall–Kier alpha value is 0.0300. The van der Waals surface area contributed by atoms with Crippen LogP contribution in [0.3, 0.4) is 0 Å². The van der Waals surface area contributed by atoms with Gasteiger partial charge in [0.2, 0.25) is 0 Å².